The summed E-state index contributed by atoms with van der Waals surface area (Å²) in [5.41, 5.74) is 9.60. The van der Waals surface area contributed by atoms with Crippen LogP contribution < -0.4 is 15.5 Å². The van der Waals surface area contributed by atoms with Crippen molar-refractivity contribution < 1.29 is 19.1 Å². The molecule has 1 atom stereocenters. The van der Waals surface area contributed by atoms with Crippen LogP contribution in [0.15, 0.2) is 71.2 Å². The Labute approximate surface area is 205 Å². The first-order chi connectivity index (χ1) is 16.8. The Morgan fingerprint density at radius 3 is 2.23 bits per heavy atom. The summed E-state index contributed by atoms with van der Waals surface area (Å²) in [7, 11) is 2.47. The predicted molar refractivity (Wildman–Crippen MR) is 134 cm³/mol. The molecule has 0 spiro atoms. The van der Waals surface area contributed by atoms with Crippen molar-refractivity contribution in [2.75, 3.05) is 37.1 Å². The SMILES string of the molecule is CCN(CC)c1ccc(C)cc1N1C(N)=C(C#N)C(c2ccccc2)C(C(=O)OC)=C1C(=O)OC. The molecule has 0 saturated heterocycles. The fourth-order valence-corrected chi connectivity index (χ4v) is 4.41. The van der Waals surface area contributed by atoms with E-state index in [9.17, 15) is 14.9 Å². The summed E-state index contributed by atoms with van der Waals surface area (Å²) >= 11 is 0. The van der Waals surface area contributed by atoms with Gasteiger partial charge in [0.05, 0.1) is 48.7 Å². The highest BCUT2D eigenvalue weighted by Gasteiger charge is 2.43. The van der Waals surface area contributed by atoms with Gasteiger partial charge in [-0.2, -0.15) is 5.26 Å². The second-order valence-corrected chi connectivity index (χ2v) is 8.00. The van der Waals surface area contributed by atoms with Gasteiger partial charge in [-0.15, -0.1) is 0 Å². The summed E-state index contributed by atoms with van der Waals surface area (Å²) in [4.78, 5) is 30.1. The quantitative estimate of drug-likeness (QED) is 0.605. The van der Waals surface area contributed by atoms with Crippen LogP contribution in [0.5, 0.6) is 0 Å². The molecule has 3 rings (SSSR count). The second-order valence-electron chi connectivity index (χ2n) is 8.00. The highest BCUT2D eigenvalue weighted by atomic mass is 16.5. The monoisotopic (exact) mass is 474 g/mol. The molecule has 2 aromatic carbocycles. The van der Waals surface area contributed by atoms with Gasteiger partial charge in [0.2, 0.25) is 0 Å². The summed E-state index contributed by atoms with van der Waals surface area (Å²) in [6, 6.07) is 16.9. The van der Waals surface area contributed by atoms with Gasteiger partial charge in [-0.3, -0.25) is 4.90 Å². The summed E-state index contributed by atoms with van der Waals surface area (Å²) in [6.45, 7) is 7.35. The Kier molecular flexibility index (Phi) is 7.82. The first kappa shape index (κ1) is 25.4. The number of carbonyl (C=O) groups is 2. The van der Waals surface area contributed by atoms with Crippen molar-refractivity contribution in [1.82, 2.24) is 0 Å². The van der Waals surface area contributed by atoms with Gasteiger partial charge in [0.15, 0.2) is 0 Å². The average Bonchev–Trinajstić information content (AvgIpc) is 2.88. The lowest BCUT2D eigenvalue weighted by Crippen LogP contribution is -2.41. The number of carbonyl (C=O) groups excluding carboxylic acids is 2. The normalized spacial score (nSPS) is 15.5. The van der Waals surface area contributed by atoms with Crippen molar-refractivity contribution >= 4 is 23.3 Å². The molecule has 2 N–H and O–H groups in total. The van der Waals surface area contributed by atoms with E-state index in [1.54, 1.807) is 24.3 Å². The van der Waals surface area contributed by atoms with E-state index in [1.807, 2.05) is 45.0 Å². The van der Waals surface area contributed by atoms with E-state index < -0.39 is 17.9 Å². The van der Waals surface area contributed by atoms with Gasteiger partial charge >= 0.3 is 11.9 Å². The smallest absolute Gasteiger partial charge is 0.355 e. The molecule has 35 heavy (non-hydrogen) atoms. The lowest BCUT2D eigenvalue weighted by Gasteiger charge is -2.38. The zero-order valence-electron chi connectivity index (χ0n) is 20.7. The first-order valence-electron chi connectivity index (χ1n) is 11.4. The van der Waals surface area contributed by atoms with Gasteiger partial charge < -0.3 is 20.1 Å². The second kappa shape index (κ2) is 10.8. The topological polar surface area (TPSA) is 109 Å². The molecule has 0 saturated carbocycles. The summed E-state index contributed by atoms with van der Waals surface area (Å²) in [6.07, 6.45) is 0. The zero-order valence-corrected chi connectivity index (χ0v) is 20.7. The molecule has 0 aliphatic carbocycles. The number of anilines is 2. The van der Waals surface area contributed by atoms with Crippen molar-refractivity contribution in [1.29, 1.82) is 5.26 Å². The first-order valence-corrected chi connectivity index (χ1v) is 11.4. The van der Waals surface area contributed by atoms with Crippen LogP contribution in [0.1, 0.15) is 30.9 Å². The molecule has 1 aliphatic rings. The number of esters is 2. The van der Waals surface area contributed by atoms with Crippen LogP contribution in [0.25, 0.3) is 0 Å². The molecule has 1 aliphatic heterocycles. The summed E-state index contributed by atoms with van der Waals surface area (Å²) < 4.78 is 10.2. The van der Waals surface area contributed by atoms with Crippen molar-refractivity contribution in [2.24, 2.45) is 5.73 Å². The van der Waals surface area contributed by atoms with Crippen LogP contribution in [0, 0.1) is 18.3 Å². The van der Waals surface area contributed by atoms with E-state index in [-0.39, 0.29) is 22.7 Å². The summed E-state index contributed by atoms with van der Waals surface area (Å²) in [5.74, 6) is -2.37. The Balaban J connectivity index is 2.47. The van der Waals surface area contributed by atoms with E-state index in [2.05, 4.69) is 11.0 Å². The maximum atomic E-state index is 13.3. The van der Waals surface area contributed by atoms with E-state index in [1.165, 1.54) is 19.1 Å². The Morgan fingerprint density at radius 1 is 1.06 bits per heavy atom. The molecule has 1 heterocycles. The van der Waals surface area contributed by atoms with Crippen molar-refractivity contribution in [3.8, 4) is 6.07 Å². The van der Waals surface area contributed by atoms with Crippen LogP contribution in [-0.2, 0) is 19.1 Å². The minimum absolute atomic E-state index is 0.0108. The molecule has 0 radical (unpaired) electrons. The molecule has 1 unspecified atom stereocenters. The number of benzene rings is 2. The predicted octanol–water partition coefficient (Wildman–Crippen LogP) is 3.74. The number of rotatable bonds is 7. The lowest BCUT2D eigenvalue weighted by molar-refractivity contribution is -0.139. The lowest BCUT2D eigenvalue weighted by atomic mass is 9.81. The molecule has 182 valence electrons. The van der Waals surface area contributed by atoms with E-state index in [4.69, 9.17) is 15.2 Å². The minimum Gasteiger partial charge on any atom is -0.466 e. The highest BCUT2D eigenvalue weighted by molar-refractivity contribution is 6.07. The van der Waals surface area contributed by atoms with Gasteiger partial charge in [-0.1, -0.05) is 36.4 Å². The third-order valence-corrected chi connectivity index (χ3v) is 6.09. The van der Waals surface area contributed by atoms with E-state index in [0.29, 0.717) is 24.3 Å². The number of nitriles is 1. The Morgan fingerprint density at radius 2 is 1.69 bits per heavy atom. The highest BCUT2D eigenvalue weighted by Crippen LogP contribution is 2.45. The number of nitrogens with two attached hydrogens (primary N) is 1. The number of hydrogen-bond acceptors (Lipinski definition) is 8. The zero-order chi connectivity index (χ0) is 25.7. The number of hydrogen-bond donors (Lipinski definition) is 1. The van der Waals surface area contributed by atoms with Crippen LogP contribution in [-0.4, -0.2) is 39.2 Å². The van der Waals surface area contributed by atoms with Gasteiger partial charge in [-0.05, 0) is 44.0 Å². The number of aryl methyl sites for hydroxylation is 1. The molecule has 0 aromatic heterocycles. The van der Waals surface area contributed by atoms with Crippen LogP contribution >= 0.6 is 0 Å². The van der Waals surface area contributed by atoms with Gasteiger partial charge in [-0.25, -0.2) is 9.59 Å². The molecule has 2 aromatic rings. The van der Waals surface area contributed by atoms with Crippen molar-refractivity contribution in [3.63, 3.8) is 0 Å². The molecule has 8 nitrogen and oxygen atoms in total. The van der Waals surface area contributed by atoms with E-state index in [0.717, 1.165) is 11.3 Å². The third kappa shape index (κ3) is 4.58. The summed E-state index contributed by atoms with van der Waals surface area (Å²) in [5, 5.41) is 10.2. The number of allylic oxidation sites excluding steroid dienone is 1. The standard InChI is InChI=1S/C27H30N4O4/c1-6-30(7-2)20-14-13-17(3)15-21(20)31-24(27(33)35-5)23(26(32)34-4)22(19(16-28)25(31)29)18-11-9-8-10-12-18/h8-15,22H,6-7,29H2,1-5H3. The molecule has 8 heteroatoms. The van der Waals surface area contributed by atoms with Gasteiger partial charge in [0, 0.05) is 13.1 Å². The fourth-order valence-electron chi connectivity index (χ4n) is 4.41. The fraction of sp³-hybridized carbons (Fsp3) is 0.296. The van der Waals surface area contributed by atoms with Gasteiger partial charge in [0.1, 0.15) is 11.5 Å². The molecule has 0 bridgehead atoms. The number of nitrogens with zero attached hydrogens (tertiary/aromatic N) is 3. The van der Waals surface area contributed by atoms with Crippen LogP contribution in [0.2, 0.25) is 0 Å². The van der Waals surface area contributed by atoms with E-state index >= 15 is 0 Å². The number of methoxy groups -OCH3 is 2. The Bertz CT molecular complexity index is 1220. The molecule has 0 amide bonds. The maximum Gasteiger partial charge on any atom is 0.355 e. The van der Waals surface area contributed by atoms with Crippen molar-refractivity contribution in [2.45, 2.75) is 26.7 Å². The minimum atomic E-state index is -0.902. The third-order valence-electron chi connectivity index (χ3n) is 6.09. The van der Waals surface area contributed by atoms with Crippen LogP contribution in [0.3, 0.4) is 0 Å². The maximum absolute atomic E-state index is 13.3. The average molecular weight is 475 g/mol. The Hall–Kier alpha value is -4.25. The van der Waals surface area contributed by atoms with Crippen molar-refractivity contribution in [3.05, 3.63) is 82.3 Å². The van der Waals surface area contributed by atoms with Gasteiger partial charge in [0.25, 0.3) is 0 Å². The van der Waals surface area contributed by atoms with Crippen LogP contribution in [0.4, 0.5) is 11.4 Å². The largest absolute Gasteiger partial charge is 0.466 e. The molecule has 0 fully saturated rings. The molecular formula is C27H30N4O4. The number of ether oxygens (including phenoxy) is 2. The molecular weight excluding hydrogens is 444 g/mol.